The van der Waals surface area contributed by atoms with Gasteiger partial charge in [0.25, 0.3) is 0 Å². The summed E-state index contributed by atoms with van der Waals surface area (Å²) in [6.45, 7) is 0. The Labute approximate surface area is 74.8 Å². The second-order valence-electron chi connectivity index (χ2n) is 2.23. The number of aliphatic carboxylic acids is 1. The van der Waals surface area contributed by atoms with Crippen LogP contribution in [0, 0.1) is 11.3 Å². The Kier molecular flexibility index (Phi) is 2.77. The van der Waals surface area contributed by atoms with E-state index in [2.05, 4.69) is 4.98 Å². The fraction of sp³-hybridized carbons (Fsp3) is 0. The molecular formula is C9H6N2O2. The summed E-state index contributed by atoms with van der Waals surface area (Å²) < 4.78 is 0. The molecule has 4 heteroatoms. The van der Waals surface area contributed by atoms with Crippen LogP contribution in [0.15, 0.2) is 30.0 Å². The largest absolute Gasteiger partial charge is 0.477 e. The van der Waals surface area contributed by atoms with Crippen molar-refractivity contribution in [3.05, 3.63) is 35.7 Å². The molecule has 64 valence electrons. The number of carboxylic acids is 1. The molecule has 0 amide bonds. The summed E-state index contributed by atoms with van der Waals surface area (Å²) in [6.07, 6.45) is 2.75. The van der Waals surface area contributed by atoms with Gasteiger partial charge in [0, 0.05) is 6.20 Å². The monoisotopic (exact) mass is 174 g/mol. The summed E-state index contributed by atoms with van der Waals surface area (Å²) in [6, 6.07) is 6.63. The molecule has 0 atom stereocenters. The molecular weight excluding hydrogens is 168 g/mol. The zero-order chi connectivity index (χ0) is 9.68. The summed E-state index contributed by atoms with van der Waals surface area (Å²) in [7, 11) is 0. The van der Waals surface area contributed by atoms with Crippen LogP contribution in [0.2, 0.25) is 0 Å². The first-order chi connectivity index (χ1) is 6.24. The van der Waals surface area contributed by atoms with Gasteiger partial charge in [-0.15, -0.1) is 0 Å². The fourth-order valence-corrected chi connectivity index (χ4v) is 0.751. The van der Waals surface area contributed by atoms with Crippen molar-refractivity contribution >= 4 is 12.0 Å². The third-order valence-electron chi connectivity index (χ3n) is 1.33. The van der Waals surface area contributed by atoms with Crippen molar-refractivity contribution in [3.8, 4) is 6.07 Å². The van der Waals surface area contributed by atoms with Crippen molar-refractivity contribution in [1.82, 2.24) is 4.98 Å². The molecule has 0 saturated carbocycles. The molecule has 4 nitrogen and oxygen atoms in total. The SMILES string of the molecule is N#CC(=Cc1ccccn1)C(=O)O. The van der Waals surface area contributed by atoms with Gasteiger partial charge >= 0.3 is 5.97 Å². The maximum Gasteiger partial charge on any atom is 0.346 e. The van der Waals surface area contributed by atoms with E-state index in [9.17, 15) is 4.79 Å². The molecule has 1 aromatic rings. The van der Waals surface area contributed by atoms with E-state index in [4.69, 9.17) is 10.4 Å². The van der Waals surface area contributed by atoms with Gasteiger partial charge in [0.2, 0.25) is 0 Å². The Morgan fingerprint density at radius 3 is 2.85 bits per heavy atom. The topological polar surface area (TPSA) is 74.0 Å². The first kappa shape index (κ1) is 8.94. The van der Waals surface area contributed by atoms with Gasteiger partial charge in [0.05, 0.1) is 5.69 Å². The number of carboxylic acid groups (broad SMARTS) is 1. The molecule has 0 aliphatic heterocycles. The average Bonchev–Trinajstić information content (AvgIpc) is 2.15. The van der Waals surface area contributed by atoms with Crippen LogP contribution in [0.5, 0.6) is 0 Å². The lowest BCUT2D eigenvalue weighted by molar-refractivity contribution is -0.132. The highest BCUT2D eigenvalue weighted by atomic mass is 16.4. The fourth-order valence-electron chi connectivity index (χ4n) is 0.751. The number of nitriles is 1. The van der Waals surface area contributed by atoms with Crippen molar-refractivity contribution in [2.24, 2.45) is 0 Å². The molecule has 0 aromatic carbocycles. The van der Waals surface area contributed by atoms with Gasteiger partial charge in [-0.3, -0.25) is 4.98 Å². The quantitative estimate of drug-likeness (QED) is 0.537. The molecule has 1 N–H and O–H groups in total. The zero-order valence-corrected chi connectivity index (χ0v) is 6.64. The van der Waals surface area contributed by atoms with Crippen LogP contribution in [-0.2, 0) is 4.79 Å². The normalized spacial score (nSPS) is 10.5. The van der Waals surface area contributed by atoms with Crippen LogP contribution in [0.25, 0.3) is 6.08 Å². The third-order valence-corrected chi connectivity index (χ3v) is 1.33. The minimum atomic E-state index is -1.24. The highest BCUT2D eigenvalue weighted by Crippen LogP contribution is 2.02. The minimum absolute atomic E-state index is 0.321. The average molecular weight is 174 g/mol. The maximum atomic E-state index is 10.4. The van der Waals surface area contributed by atoms with Gasteiger partial charge in [0.15, 0.2) is 0 Å². The molecule has 0 radical (unpaired) electrons. The lowest BCUT2D eigenvalue weighted by atomic mass is 10.2. The molecule has 1 aromatic heterocycles. The number of hydrogen-bond acceptors (Lipinski definition) is 3. The standard InChI is InChI=1S/C9H6N2O2/c10-6-7(9(12)13)5-8-3-1-2-4-11-8/h1-5H,(H,12,13). The lowest BCUT2D eigenvalue weighted by Crippen LogP contribution is -1.97. The summed E-state index contributed by atoms with van der Waals surface area (Å²) >= 11 is 0. The summed E-state index contributed by atoms with van der Waals surface area (Å²) in [5.74, 6) is -1.24. The van der Waals surface area contributed by atoms with E-state index < -0.39 is 5.97 Å². The first-order valence-electron chi connectivity index (χ1n) is 3.50. The number of aromatic nitrogens is 1. The number of pyridine rings is 1. The van der Waals surface area contributed by atoms with Gasteiger partial charge in [-0.2, -0.15) is 5.26 Å². The Hall–Kier alpha value is -2.15. The van der Waals surface area contributed by atoms with Crippen molar-refractivity contribution in [3.63, 3.8) is 0 Å². The van der Waals surface area contributed by atoms with Gasteiger partial charge in [-0.1, -0.05) is 6.07 Å². The molecule has 0 aliphatic carbocycles. The van der Waals surface area contributed by atoms with Gasteiger partial charge < -0.3 is 5.11 Å². The zero-order valence-electron chi connectivity index (χ0n) is 6.64. The minimum Gasteiger partial charge on any atom is -0.477 e. The first-order valence-corrected chi connectivity index (χ1v) is 3.50. The molecule has 0 bridgehead atoms. The highest BCUT2D eigenvalue weighted by Gasteiger charge is 2.05. The van der Waals surface area contributed by atoms with E-state index in [-0.39, 0.29) is 5.57 Å². The van der Waals surface area contributed by atoms with Crippen LogP contribution >= 0.6 is 0 Å². The Morgan fingerprint density at radius 2 is 2.38 bits per heavy atom. The van der Waals surface area contributed by atoms with E-state index in [0.717, 1.165) is 0 Å². The molecule has 1 rings (SSSR count). The number of hydrogen-bond donors (Lipinski definition) is 1. The molecule has 0 spiro atoms. The van der Waals surface area contributed by atoms with Crippen molar-refractivity contribution in [2.45, 2.75) is 0 Å². The number of rotatable bonds is 2. The van der Waals surface area contributed by atoms with E-state index >= 15 is 0 Å². The van der Waals surface area contributed by atoms with Gasteiger partial charge in [-0.25, -0.2) is 4.79 Å². The van der Waals surface area contributed by atoms with E-state index in [1.54, 1.807) is 24.3 Å². The second kappa shape index (κ2) is 4.02. The molecule has 1 heterocycles. The summed E-state index contributed by atoms with van der Waals surface area (Å²) in [4.78, 5) is 14.3. The molecule has 0 fully saturated rings. The van der Waals surface area contributed by atoms with Crippen LogP contribution in [-0.4, -0.2) is 16.1 Å². The van der Waals surface area contributed by atoms with Crippen molar-refractivity contribution < 1.29 is 9.90 Å². The molecule has 0 saturated heterocycles. The molecule has 13 heavy (non-hydrogen) atoms. The molecule has 0 unspecified atom stereocenters. The summed E-state index contributed by atoms with van der Waals surface area (Å²) in [5, 5.41) is 16.9. The third kappa shape index (κ3) is 2.42. The smallest absolute Gasteiger partial charge is 0.346 e. The van der Waals surface area contributed by atoms with Crippen LogP contribution in [0.3, 0.4) is 0 Å². The Bertz CT molecular complexity index is 376. The van der Waals surface area contributed by atoms with Crippen molar-refractivity contribution in [1.29, 1.82) is 5.26 Å². The van der Waals surface area contributed by atoms with E-state index in [1.165, 1.54) is 12.3 Å². The Balaban J connectivity index is 3.01. The van der Waals surface area contributed by atoms with Crippen LogP contribution in [0.1, 0.15) is 5.69 Å². The van der Waals surface area contributed by atoms with Gasteiger partial charge in [-0.05, 0) is 18.2 Å². The lowest BCUT2D eigenvalue weighted by Gasteiger charge is -1.91. The Morgan fingerprint density at radius 1 is 1.62 bits per heavy atom. The van der Waals surface area contributed by atoms with Gasteiger partial charge in [0.1, 0.15) is 11.6 Å². The number of nitrogens with zero attached hydrogens (tertiary/aromatic N) is 2. The van der Waals surface area contributed by atoms with Crippen LogP contribution < -0.4 is 0 Å². The maximum absolute atomic E-state index is 10.4. The van der Waals surface area contributed by atoms with E-state index in [1.807, 2.05) is 0 Å². The second-order valence-corrected chi connectivity index (χ2v) is 2.23. The van der Waals surface area contributed by atoms with Crippen LogP contribution in [0.4, 0.5) is 0 Å². The predicted octanol–water partition coefficient (Wildman–Crippen LogP) is 1.07. The molecule has 0 aliphatic rings. The van der Waals surface area contributed by atoms with E-state index in [0.29, 0.717) is 5.69 Å². The summed E-state index contributed by atoms with van der Waals surface area (Å²) in [5.41, 5.74) is 0.139. The predicted molar refractivity (Wildman–Crippen MR) is 45.5 cm³/mol. The highest BCUT2D eigenvalue weighted by molar-refractivity contribution is 5.96. The number of carbonyl (C=O) groups is 1. The van der Waals surface area contributed by atoms with Crippen molar-refractivity contribution in [2.75, 3.05) is 0 Å².